The summed E-state index contributed by atoms with van der Waals surface area (Å²) in [5.74, 6) is 0.551. The normalized spacial score (nSPS) is 10.1. The molecule has 0 atom stereocenters. The molecule has 0 saturated heterocycles. The first kappa shape index (κ1) is 14.5. The number of amides is 2. The van der Waals surface area contributed by atoms with Crippen LogP contribution in [0.15, 0.2) is 47.1 Å². The van der Waals surface area contributed by atoms with Gasteiger partial charge in [-0.2, -0.15) is 0 Å². The van der Waals surface area contributed by atoms with Crippen LogP contribution in [0.25, 0.3) is 0 Å². The molecule has 4 nitrogen and oxygen atoms in total. The lowest BCUT2D eigenvalue weighted by Crippen LogP contribution is -2.30. The topological polar surface area (TPSA) is 54.0 Å². The SMILES string of the molecule is Cc1ccc(NC(=O)NCCc2cccc(Br)c2)nc1. The van der Waals surface area contributed by atoms with Gasteiger partial charge in [-0.15, -0.1) is 0 Å². The largest absolute Gasteiger partial charge is 0.337 e. The van der Waals surface area contributed by atoms with Crippen LogP contribution in [-0.4, -0.2) is 17.6 Å². The van der Waals surface area contributed by atoms with Crippen molar-refractivity contribution in [2.45, 2.75) is 13.3 Å². The number of nitrogens with zero attached hydrogens (tertiary/aromatic N) is 1. The van der Waals surface area contributed by atoms with Crippen LogP contribution in [0.5, 0.6) is 0 Å². The van der Waals surface area contributed by atoms with Crippen molar-refractivity contribution >= 4 is 27.8 Å². The predicted octanol–water partition coefficient (Wildman–Crippen LogP) is 3.52. The number of aromatic nitrogens is 1. The summed E-state index contributed by atoms with van der Waals surface area (Å²) in [5.41, 5.74) is 2.23. The Bertz CT molecular complexity index is 584. The average molecular weight is 334 g/mol. The Morgan fingerprint density at radius 3 is 2.85 bits per heavy atom. The maximum Gasteiger partial charge on any atom is 0.320 e. The smallest absolute Gasteiger partial charge is 0.320 e. The first-order valence-corrected chi connectivity index (χ1v) is 7.15. The van der Waals surface area contributed by atoms with E-state index in [2.05, 4.69) is 31.5 Å². The first-order valence-electron chi connectivity index (χ1n) is 6.35. The average Bonchev–Trinajstić information content (AvgIpc) is 2.41. The van der Waals surface area contributed by atoms with E-state index in [1.165, 1.54) is 5.56 Å². The molecular weight excluding hydrogens is 318 g/mol. The summed E-state index contributed by atoms with van der Waals surface area (Å²) in [7, 11) is 0. The highest BCUT2D eigenvalue weighted by Crippen LogP contribution is 2.11. The van der Waals surface area contributed by atoms with Gasteiger partial charge in [0.15, 0.2) is 0 Å². The van der Waals surface area contributed by atoms with E-state index < -0.39 is 0 Å². The number of urea groups is 1. The molecule has 1 heterocycles. The minimum Gasteiger partial charge on any atom is -0.337 e. The molecule has 2 rings (SSSR count). The molecule has 1 aromatic carbocycles. The molecule has 0 fully saturated rings. The summed E-state index contributed by atoms with van der Waals surface area (Å²) < 4.78 is 1.04. The number of aryl methyl sites for hydroxylation is 1. The zero-order valence-electron chi connectivity index (χ0n) is 11.2. The lowest BCUT2D eigenvalue weighted by Gasteiger charge is -2.07. The maximum absolute atomic E-state index is 11.7. The molecule has 0 radical (unpaired) electrons. The van der Waals surface area contributed by atoms with Crippen molar-refractivity contribution in [3.05, 3.63) is 58.2 Å². The van der Waals surface area contributed by atoms with Crippen LogP contribution in [0.3, 0.4) is 0 Å². The number of benzene rings is 1. The molecule has 0 spiro atoms. The Morgan fingerprint density at radius 2 is 2.15 bits per heavy atom. The summed E-state index contributed by atoms with van der Waals surface area (Å²) in [6, 6.07) is 11.5. The van der Waals surface area contributed by atoms with Crippen molar-refractivity contribution in [2.75, 3.05) is 11.9 Å². The molecule has 2 amide bonds. The molecule has 0 bridgehead atoms. The van der Waals surface area contributed by atoms with Gasteiger partial charge in [-0.3, -0.25) is 5.32 Å². The van der Waals surface area contributed by atoms with Crippen molar-refractivity contribution in [3.8, 4) is 0 Å². The van der Waals surface area contributed by atoms with Crippen molar-refractivity contribution in [2.24, 2.45) is 0 Å². The predicted molar refractivity (Wildman–Crippen MR) is 83.8 cm³/mol. The van der Waals surface area contributed by atoms with Crippen LogP contribution >= 0.6 is 15.9 Å². The third kappa shape index (κ3) is 4.66. The number of hydrogen-bond donors (Lipinski definition) is 2. The van der Waals surface area contributed by atoms with E-state index in [1.54, 1.807) is 12.3 Å². The highest BCUT2D eigenvalue weighted by atomic mass is 79.9. The fraction of sp³-hybridized carbons (Fsp3) is 0.200. The summed E-state index contributed by atoms with van der Waals surface area (Å²) in [5, 5.41) is 5.50. The molecule has 5 heteroatoms. The van der Waals surface area contributed by atoms with Gasteiger partial charge in [0.2, 0.25) is 0 Å². The van der Waals surface area contributed by atoms with Gasteiger partial charge >= 0.3 is 6.03 Å². The molecular formula is C15H16BrN3O. The number of hydrogen-bond acceptors (Lipinski definition) is 2. The molecule has 0 aliphatic heterocycles. The maximum atomic E-state index is 11.7. The van der Waals surface area contributed by atoms with E-state index in [4.69, 9.17) is 0 Å². The van der Waals surface area contributed by atoms with Crippen molar-refractivity contribution in [1.82, 2.24) is 10.3 Å². The van der Waals surface area contributed by atoms with Crippen molar-refractivity contribution in [1.29, 1.82) is 0 Å². The van der Waals surface area contributed by atoms with Crippen molar-refractivity contribution < 1.29 is 4.79 Å². The number of halogens is 1. The Balaban J connectivity index is 1.76. The van der Waals surface area contributed by atoms with Gasteiger partial charge in [-0.25, -0.2) is 9.78 Å². The Hall–Kier alpha value is -1.88. The highest BCUT2D eigenvalue weighted by Gasteiger charge is 2.02. The zero-order chi connectivity index (χ0) is 14.4. The standard InChI is InChI=1S/C15H16BrN3O/c1-11-5-6-14(18-10-11)19-15(20)17-8-7-12-3-2-4-13(16)9-12/h2-6,9-10H,7-8H2,1H3,(H2,17,18,19,20). The number of pyridine rings is 1. The molecule has 0 unspecified atom stereocenters. The van der Waals surface area contributed by atoms with E-state index >= 15 is 0 Å². The molecule has 0 aliphatic rings. The fourth-order valence-corrected chi connectivity index (χ4v) is 2.16. The fourth-order valence-electron chi connectivity index (χ4n) is 1.72. The monoisotopic (exact) mass is 333 g/mol. The van der Waals surface area contributed by atoms with Gasteiger partial charge in [-0.05, 0) is 42.7 Å². The van der Waals surface area contributed by atoms with Crippen LogP contribution in [0.1, 0.15) is 11.1 Å². The Kier molecular flexibility index (Phi) is 5.12. The molecule has 2 aromatic rings. The van der Waals surface area contributed by atoms with E-state index in [0.29, 0.717) is 12.4 Å². The van der Waals surface area contributed by atoms with E-state index in [9.17, 15) is 4.79 Å². The minimum absolute atomic E-state index is 0.239. The molecule has 104 valence electrons. The third-order valence-corrected chi connectivity index (χ3v) is 3.23. The molecule has 20 heavy (non-hydrogen) atoms. The highest BCUT2D eigenvalue weighted by molar-refractivity contribution is 9.10. The molecule has 1 aromatic heterocycles. The van der Waals surface area contributed by atoms with E-state index in [-0.39, 0.29) is 6.03 Å². The minimum atomic E-state index is -0.239. The van der Waals surface area contributed by atoms with Crippen LogP contribution in [0.2, 0.25) is 0 Å². The molecule has 0 saturated carbocycles. The first-order chi connectivity index (χ1) is 9.63. The van der Waals surface area contributed by atoms with E-state index in [0.717, 1.165) is 16.5 Å². The molecule has 2 N–H and O–H groups in total. The van der Waals surface area contributed by atoms with Crippen LogP contribution < -0.4 is 10.6 Å². The van der Waals surface area contributed by atoms with Crippen LogP contribution in [0, 0.1) is 6.92 Å². The second kappa shape index (κ2) is 7.05. The second-order valence-corrected chi connectivity index (χ2v) is 5.40. The third-order valence-electron chi connectivity index (χ3n) is 2.74. The number of rotatable bonds is 4. The van der Waals surface area contributed by atoms with Gasteiger partial charge < -0.3 is 5.32 Å². The number of anilines is 1. The zero-order valence-corrected chi connectivity index (χ0v) is 12.8. The van der Waals surface area contributed by atoms with Gasteiger partial charge in [-0.1, -0.05) is 34.1 Å². The number of carbonyl (C=O) groups excluding carboxylic acids is 1. The van der Waals surface area contributed by atoms with Crippen LogP contribution in [0.4, 0.5) is 10.6 Å². The van der Waals surface area contributed by atoms with Crippen molar-refractivity contribution in [3.63, 3.8) is 0 Å². The Morgan fingerprint density at radius 1 is 1.30 bits per heavy atom. The van der Waals surface area contributed by atoms with E-state index in [1.807, 2.05) is 37.3 Å². The quantitative estimate of drug-likeness (QED) is 0.899. The molecule has 0 aliphatic carbocycles. The number of nitrogens with one attached hydrogen (secondary N) is 2. The lowest BCUT2D eigenvalue weighted by molar-refractivity contribution is 0.252. The van der Waals surface area contributed by atoms with Gasteiger partial charge in [0.05, 0.1) is 0 Å². The lowest BCUT2D eigenvalue weighted by atomic mass is 10.1. The summed E-state index contributed by atoms with van der Waals surface area (Å²) >= 11 is 3.43. The summed E-state index contributed by atoms with van der Waals surface area (Å²) in [6.45, 7) is 2.53. The summed E-state index contributed by atoms with van der Waals surface area (Å²) in [4.78, 5) is 15.8. The Labute approximate surface area is 126 Å². The van der Waals surface area contributed by atoms with Gasteiger partial charge in [0.25, 0.3) is 0 Å². The number of carbonyl (C=O) groups is 1. The van der Waals surface area contributed by atoms with Gasteiger partial charge in [0.1, 0.15) is 5.82 Å². The summed E-state index contributed by atoms with van der Waals surface area (Å²) in [6.07, 6.45) is 2.51. The second-order valence-electron chi connectivity index (χ2n) is 4.48. The van der Waals surface area contributed by atoms with Crippen LogP contribution in [-0.2, 0) is 6.42 Å². The van der Waals surface area contributed by atoms with Gasteiger partial charge in [0, 0.05) is 17.2 Å².